The number of hydrogen-bond donors (Lipinski definition) is 1. The fraction of sp³-hybridized carbons (Fsp3) is 0.188. The van der Waals surface area contributed by atoms with Crippen LogP contribution in [0.5, 0.6) is 0 Å². The topological polar surface area (TPSA) is 49.8 Å². The molecule has 19 heavy (non-hydrogen) atoms. The molecule has 0 unspecified atom stereocenters. The molecule has 0 heterocycles. The van der Waals surface area contributed by atoms with E-state index in [1.165, 1.54) is 16.7 Å². The zero-order chi connectivity index (χ0) is 13.7. The Morgan fingerprint density at radius 2 is 1.84 bits per heavy atom. The maximum atomic E-state index is 9.00. The van der Waals surface area contributed by atoms with E-state index >= 15 is 0 Å². The molecule has 0 fully saturated rings. The van der Waals surface area contributed by atoms with E-state index in [9.17, 15) is 0 Å². The normalized spacial score (nSPS) is 10.2. The first kappa shape index (κ1) is 13.8. The summed E-state index contributed by atoms with van der Waals surface area (Å²) in [5.41, 5.74) is 9.82. The van der Waals surface area contributed by atoms with Crippen molar-refractivity contribution < 1.29 is 0 Å². The highest BCUT2D eigenvalue weighted by Gasteiger charge is 2.06. The maximum absolute atomic E-state index is 9.00. The van der Waals surface area contributed by atoms with Crippen molar-refractivity contribution in [2.24, 2.45) is 5.73 Å². The highest BCUT2D eigenvalue weighted by atomic mass is 79.9. The number of benzene rings is 2. The molecule has 2 N–H and O–H groups in total. The highest BCUT2D eigenvalue weighted by Crippen LogP contribution is 2.27. The molecule has 0 spiro atoms. The van der Waals surface area contributed by atoms with Crippen LogP contribution in [0.3, 0.4) is 0 Å². The molecule has 0 amide bonds. The monoisotopic (exact) mass is 314 g/mol. The van der Waals surface area contributed by atoms with Gasteiger partial charge in [-0.05, 0) is 60.3 Å². The first-order valence-corrected chi connectivity index (χ1v) is 7.03. The SMILES string of the molecule is N#Cc1ccc(-c2ccc(Br)cc2)c(CCCN)c1. The first-order chi connectivity index (χ1) is 9.24. The number of rotatable bonds is 4. The van der Waals surface area contributed by atoms with Crippen molar-refractivity contribution in [2.45, 2.75) is 12.8 Å². The zero-order valence-corrected chi connectivity index (χ0v) is 12.2. The van der Waals surface area contributed by atoms with Crippen LogP contribution in [0.1, 0.15) is 17.5 Å². The lowest BCUT2D eigenvalue weighted by Gasteiger charge is -2.10. The van der Waals surface area contributed by atoms with E-state index in [-0.39, 0.29) is 0 Å². The van der Waals surface area contributed by atoms with Gasteiger partial charge >= 0.3 is 0 Å². The van der Waals surface area contributed by atoms with Gasteiger partial charge in [-0.2, -0.15) is 5.26 Å². The number of nitrogens with two attached hydrogens (primary N) is 1. The van der Waals surface area contributed by atoms with Gasteiger partial charge in [-0.15, -0.1) is 0 Å². The molecule has 2 rings (SSSR count). The molecule has 0 radical (unpaired) electrons. The predicted molar refractivity (Wildman–Crippen MR) is 81.7 cm³/mol. The van der Waals surface area contributed by atoms with E-state index in [1.807, 2.05) is 30.3 Å². The van der Waals surface area contributed by atoms with Crippen LogP contribution >= 0.6 is 15.9 Å². The van der Waals surface area contributed by atoms with Gasteiger partial charge in [0.2, 0.25) is 0 Å². The number of aryl methyl sites for hydroxylation is 1. The molecule has 96 valence electrons. The van der Waals surface area contributed by atoms with Crippen LogP contribution in [0, 0.1) is 11.3 Å². The number of nitriles is 1. The molecule has 2 nitrogen and oxygen atoms in total. The van der Waals surface area contributed by atoms with Crippen molar-refractivity contribution in [3.05, 3.63) is 58.1 Å². The second-order valence-corrected chi connectivity index (χ2v) is 5.30. The largest absolute Gasteiger partial charge is 0.330 e. The average Bonchev–Trinajstić information content (AvgIpc) is 2.46. The number of hydrogen-bond acceptors (Lipinski definition) is 2. The van der Waals surface area contributed by atoms with Crippen LogP contribution in [0.15, 0.2) is 46.9 Å². The van der Waals surface area contributed by atoms with Gasteiger partial charge in [-0.3, -0.25) is 0 Å². The predicted octanol–water partition coefficient (Wildman–Crippen LogP) is 3.88. The van der Waals surface area contributed by atoms with Crippen molar-refractivity contribution >= 4 is 15.9 Å². The Balaban J connectivity index is 2.43. The maximum Gasteiger partial charge on any atom is 0.0991 e. The standard InChI is InChI=1S/C16H15BrN2/c17-15-6-4-13(5-7-15)16-8-3-12(11-19)10-14(16)2-1-9-18/h3-8,10H,1-2,9,18H2. The van der Waals surface area contributed by atoms with Crippen LogP contribution < -0.4 is 5.73 Å². The van der Waals surface area contributed by atoms with E-state index in [2.05, 4.69) is 34.1 Å². The molecule has 0 aliphatic rings. The number of nitrogens with zero attached hydrogens (tertiary/aromatic N) is 1. The summed E-state index contributed by atoms with van der Waals surface area (Å²) >= 11 is 3.44. The molecule has 0 bridgehead atoms. The fourth-order valence-corrected chi connectivity index (χ4v) is 2.34. The Morgan fingerprint density at radius 3 is 2.47 bits per heavy atom. The van der Waals surface area contributed by atoms with Gasteiger partial charge in [-0.25, -0.2) is 0 Å². The van der Waals surface area contributed by atoms with Crippen LogP contribution in [0.25, 0.3) is 11.1 Å². The first-order valence-electron chi connectivity index (χ1n) is 6.23. The van der Waals surface area contributed by atoms with Crippen molar-refractivity contribution in [3.63, 3.8) is 0 Å². The average molecular weight is 315 g/mol. The van der Waals surface area contributed by atoms with Gasteiger partial charge in [0.25, 0.3) is 0 Å². The Hall–Kier alpha value is -1.63. The lowest BCUT2D eigenvalue weighted by atomic mass is 9.95. The minimum Gasteiger partial charge on any atom is -0.330 e. The summed E-state index contributed by atoms with van der Waals surface area (Å²) < 4.78 is 1.06. The summed E-state index contributed by atoms with van der Waals surface area (Å²) in [5.74, 6) is 0. The Bertz CT molecular complexity index is 597. The summed E-state index contributed by atoms with van der Waals surface area (Å²) in [6, 6.07) is 16.3. The molecule has 0 aliphatic carbocycles. The third-order valence-corrected chi connectivity index (χ3v) is 3.57. The van der Waals surface area contributed by atoms with Gasteiger partial charge in [0.05, 0.1) is 11.6 Å². The minimum absolute atomic E-state index is 0.663. The zero-order valence-electron chi connectivity index (χ0n) is 10.6. The van der Waals surface area contributed by atoms with E-state index in [1.54, 1.807) is 0 Å². The molecule has 0 aliphatic heterocycles. The summed E-state index contributed by atoms with van der Waals surface area (Å²) in [5, 5.41) is 9.00. The van der Waals surface area contributed by atoms with Gasteiger partial charge in [0, 0.05) is 4.47 Å². The lowest BCUT2D eigenvalue weighted by molar-refractivity contribution is 0.833. The molecule has 0 saturated heterocycles. The Kier molecular flexibility index (Phi) is 4.73. The van der Waals surface area contributed by atoms with Gasteiger partial charge in [0.1, 0.15) is 0 Å². The molecule has 0 aromatic heterocycles. The van der Waals surface area contributed by atoms with Crippen molar-refractivity contribution in [2.75, 3.05) is 6.54 Å². The summed E-state index contributed by atoms with van der Waals surface area (Å²) in [4.78, 5) is 0. The smallest absolute Gasteiger partial charge is 0.0991 e. The fourth-order valence-electron chi connectivity index (χ4n) is 2.07. The lowest BCUT2D eigenvalue weighted by Crippen LogP contribution is -2.01. The molecule has 2 aromatic carbocycles. The summed E-state index contributed by atoms with van der Waals surface area (Å²) in [7, 11) is 0. The molecule has 0 saturated carbocycles. The van der Waals surface area contributed by atoms with Crippen LogP contribution in [0.2, 0.25) is 0 Å². The highest BCUT2D eigenvalue weighted by molar-refractivity contribution is 9.10. The second-order valence-electron chi connectivity index (χ2n) is 4.38. The molecular formula is C16H15BrN2. The van der Waals surface area contributed by atoms with Gasteiger partial charge in [0.15, 0.2) is 0 Å². The molecule has 3 heteroatoms. The van der Waals surface area contributed by atoms with Crippen molar-refractivity contribution in [1.82, 2.24) is 0 Å². The molecule has 0 atom stereocenters. The van der Waals surface area contributed by atoms with Crippen molar-refractivity contribution in [3.8, 4) is 17.2 Å². The third kappa shape index (κ3) is 3.44. The van der Waals surface area contributed by atoms with Crippen LogP contribution in [-0.2, 0) is 6.42 Å². The minimum atomic E-state index is 0.663. The van der Waals surface area contributed by atoms with E-state index in [0.29, 0.717) is 12.1 Å². The summed E-state index contributed by atoms with van der Waals surface area (Å²) in [6.45, 7) is 0.663. The Labute approximate surface area is 122 Å². The van der Waals surface area contributed by atoms with Crippen LogP contribution in [-0.4, -0.2) is 6.54 Å². The van der Waals surface area contributed by atoms with Gasteiger partial charge in [-0.1, -0.05) is 34.1 Å². The number of halogens is 1. The van der Waals surface area contributed by atoms with E-state index in [0.717, 1.165) is 17.3 Å². The third-order valence-electron chi connectivity index (χ3n) is 3.04. The van der Waals surface area contributed by atoms with Gasteiger partial charge < -0.3 is 5.73 Å². The van der Waals surface area contributed by atoms with Crippen LogP contribution in [0.4, 0.5) is 0 Å². The summed E-state index contributed by atoms with van der Waals surface area (Å²) in [6.07, 6.45) is 1.83. The Morgan fingerprint density at radius 1 is 1.11 bits per heavy atom. The second kappa shape index (κ2) is 6.51. The quantitative estimate of drug-likeness (QED) is 0.931. The van der Waals surface area contributed by atoms with E-state index < -0.39 is 0 Å². The molecule has 2 aromatic rings. The van der Waals surface area contributed by atoms with E-state index in [4.69, 9.17) is 11.0 Å². The molecular weight excluding hydrogens is 300 g/mol. The van der Waals surface area contributed by atoms with Crippen molar-refractivity contribution in [1.29, 1.82) is 5.26 Å².